The highest BCUT2D eigenvalue weighted by molar-refractivity contribution is 5.98. The van der Waals surface area contributed by atoms with Gasteiger partial charge in [0, 0.05) is 5.56 Å². The Morgan fingerprint density at radius 2 is 2.00 bits per heavy atom. The van der Waals surface area contributed by atoms with Crippen LogP contribution in [0.3, 0.4) is 0 Å². The highest BCUT2D eigenvalue weighted by Gasteiger charge is 2.07. The van der Waals surface area contributed by atoms with Gasteiger partial charge >= 0.3 is 0 Å². The van der Waals surface area contributed by atoms with E-state index in [1.54, 1.807) is 18.3 Å². The van der Waals surface area contributed by atoms with Crippen molar-refractivity contribution in [3.05, 3.63) is 71.1 Å². The number of H-pyrrole nitrogens is 1. The summed E-state index contributed by atoms with van der Waals surface area (Å²) in [6.07, 6.45) is 3.62. The Morgan fingerprint density at radius 1 is 1.21 bits per heavy atom. The zero-order valence-electron chi connectivity index (χ0n) is 13.6. The number of imidazole rings is 1. The van der Waals surface area contributed by atoms with Gasteiger partial charge in [-0.1, -0.05) is 36.4 Å². The van der Waals surface area contributed by atoms with Crippen LogP contribution < -0.4 is 5.43 Å². The first-order valence-corrected chi connectivity index (χ1v) is 7.65. The Morgan fingerprint density at radius 3 is 2.79 bits per heavy atom. The molecule has 1 heterocycles. The first kappa shape index (κ1) is 15.7. The summed E-state index contributed by atoms with van der Waals surface area (Å²) in [5.41, 5.74) is 6.79. The van der Waals surface area contributed by atoms with Crippen LogP contribution in [0, 0.1) is 6.92 Å². The molecule has 0 bridgehead atoms. The molecular formula is C19H18N4O. The number of aromatic amines is 1. The van der Waals surface area contributed by atoms with E-state index in [-0.39, 0.29) is 5.91 Å². The van der Waals surface area contributed by atoms with Crippen molar-refractivity contribution in [2.75, 3.05) is 0 Å². The summed E-state index contributed by atoms with van der Waals surface area (Å²) in [4.78, 5) is 19.6. The minimum absolute atomic E-state index is 0.257. The van der Waals surface area contributed by atoms with Crippen LogP contribution in [-0.4, -0.2) is 22.1 Å². The third-order valence-corrected chi connectivity index (χ3v) is 3.49. The molecule has 0 aliphatic heterocycles. The van der Waals surface area contributed by atoms with E-state index in [0.717, 1.165) is 28.0 Å². The lowest BCUT2D eigenvalue weighted by molar-refractivity contribution is 0.0955. The number of benzene rings is 2. The van der Waals surface area contributed by atoms with Crippen LogP contribution in [0.4, 0.5) is 0 Å². The van der Waals surface area contributed by atoms with Crippen LogP contribution in [0.2, 0.25) is 0 Å². The third kappa shape index (κ3) is 3.76. The van der Waals surface area contributed by atoms with E-state index in [2.05, 4.69) is 20.5 Å². The van der Waals surface area contributed by atoms with Gasteiger partial charge < -0.3 is 4.98 Å². The van der Waals surface area contributed by atoms with Crippen molar-refractivity contribution >= 4 is 29.2 Å². The maximum Gasteiger partial charge on any atom is 0.271 e. The molecule has 0 aliphatic rings. The molecule has 1 amide bonds. The lowest BCUT2D eigenvalue weighted by Gasteiger charge is -2.00. The van der Waals surface area contributed by atoms with Gasteiger partial charge in [0.1, 0.15) is 5.82 Å². The Balaban J connectivity index is 1.66. The second kappa shape index (κ2) is 6.91. The maximum atomic E-state index is 12.2. The largest absolute Gasteiger partial charge is 0.342 e. The van der Waals surface area contributed by atoms with Crippen molar-refractivity contribution in [3.63, 3.8) is 0 Å². The smallest absolute Gasteiger partial charge is 0.271 e. The SMILES string of the molecule is CC(C=NNC(=O)c1ccc2nc(C)[nH]c2c1)=Cc1ccccc1. The molecule has 3 aromatic rings. The Hall–Kier alpha value is -3.21. The first-order valence-electron chi connectivity index (χ1n) is 7.65. The van der Waals surface area contributed by atoms with Crippen LogP contribution in [0.1, 0.15) is 28.7 Å². The second-order valence-electron chi connectivity index (χ2n) is 5.55. The lowest BCUT2D eigenvalue weighted by Crippen LogP contribution is -2.17. The standard InChI is InChI=1S/C19H18N4O/c1-13(10-15-6-4-3-5-7-15)12-20-23-19(24)16-8-9-17-18(11-16)22-14(2)21-17/h3-12H,1-2H3,(H,21,22)(H,23,24). The fraction of sp³-hybridized carbons (Fsp3) is 0.105. The topological polar surface area (TPSA) is 70.1 Å². The predicted octanol–water partition coefficient (Wildman–Crippen LogP) is 3.69. The number of aryl methyl sites for hydroxylation is 1. The van der Waals surface area contributed by atoms with Gasteiger partial charge in [0.05, 0.1) is 17.2 Å². The molecule has 2 N–H and O–H groups in total. The molecule has 0 aliphatic carbocycles. The van der Waals surface area contributed by atoms with Crippen LogP contribution in [-0.2, 0) is 0 Å². The Bertz CT molecular complexity index is 923. The normalized spacial score (nSPS) is 12.0. The van der Waals surface area contributed by atoms with Gasteiger partial charge in [0.2, 0.25) is 0 Å². The molecule has 3 rings (SSSR count). The number of nitrogens with one attached hydrogen (secondary N) is 2. The zero-order valence-corrected chi connectivity index (χ0v) is 13.6. The summed E-state index contributed by atoms with van der Waals surface area (Å²) >= 11 is 0. The lowest BCUT2D eigenvalue weighted by atomic mass is 10.1. The molecule has 120 valence electrons. The molecule has 0 atom stereocenters. The zero-order chi connectivity index (χ0) is 16.9. The van der Waals surface area contributed by atoms with Gasteiger partial charge in [-0.3, -0.25) is 4.79 Å². The van der Waals surface area contributed by atoms with Crippen molar-refractivity contribution in [1.82, 2.24) is 15.4 Å². The van der Waals surface area contributed by atoms with Crippen molar-refractivity contribution in [2.45, 2.75) is 13.8 Å². The maximum absolute atomic E-state index is 12.2. The van der Waals surface area contributed by atoms with Crippen LogP contribution >= 0.6 is 0 Å². The molecule has 5 heteroatoms. The summed E-state index contributed by atoms with van der Waals surface area (Å²) in [7, 11) is 0. The minimum atomic E-state index is -0.257. The van der Waals surface area contributed by atoms with Gasteiger partial charge in [-0.05, 0) is 43.2 Å². The molecule has 0 saturated heterocycles. The molecule has 0 fully saturated rings. The van der Waals surface area contributed by atoms with Gasteiger partial charge in [0.25, 0.3) is 5.91 Å². The van der Waals surface area contributed by atoms with Crippen LogP contribution in [0.5, 0.6) is 0 Å². The summed E-state index contributed by atoms with van der Waals surface area (Å²) in [5.74, 6) is 0.565. The predicted molar refractivity (Wildman–Crippen MR) is 96.9 cm³/mol. The molecule has 24 heavy (non-hydrogen) atoms. The summed E-state index contributed by atoms with van der Waals surface area (Å²) in [6.45, 7) is 3.81. The number of carbonyl (C=O) groups is 1. The number of aromatic nitrogens is 2. The quantitative estimate of drug-likeness (QED) is 0.569. The van der Waals surface area contributed by atoms with Crippen LogP contribution in [0.25, 0.3) is 17.1 Å². The molecule has 2 aromatic carbocycles. The number of carbonyl (C=O) groups excluding carboxylic acids is 1. The molecule has 0 spiro atoms. The molecule has 0 unspecified atom stereocenters. The fourth-order valence-electron chi connectivity index (χ4n) is 2.39. The van der Waals surface area contributed by atoms with Crippen molar-refractivity contribution < 1.29 is 4.79 Å². The second-order valence-corrected chi connectivity index (χ2v) is 5.55. The first-order chi connectivity index (χ1) is 11.6. The number of hydrogen-bond donors (Lipinski definition) is 2. The van der Waals surface area contributed by atoms with Gasteiger partial charge in [0.15, 0.2) is 0 Å². The van der Waals surface area contributed by atoms with E-state index in [9.17, 15) is 4.79 Å². The Kier molecular flexibility index (Phi) is 4.52. The van der Waals surface area contributed by atoms with E-state index in [0.29, 0.717) is 5.56 Å². The third-order valence-electron chi connectivity index (χ3n) is 3.49. The number of hydrazone groups is 1. The Labute approximate surface area is 140 Å². The highest BCUT2D eigenvalue weighted by atomic mass is 16.2. The average molecular weight is 318 g/mol. The van der Waals surface area contributed by atoms with Crippen LogP contribution in [0.15, 0.2) is 59.2 Å². The van der Waals surface area contributed by atoms with E-state index < -0.39 is 0 Å². The van der Waals surface area contributed by atoms with E-state index in [1.807, 2.05) is 56.3 Å². The average Bonchev–Trinajstić information content (AvgIpc) is 2.94. The van der Waals surface area contributed by atoms with Crippen molar-refractivity contribution in [2.24, 2.45) is 5.10 Å². The number of hydrogen-bond acceptors (Lipinski definition) is 3. The van der Waals surface area contributed by atoms with Gasteiger partial charge in [-0.25, -0.2) is 10.4 Å². The number of fused-ring (bicyclic) bond motifs is 1. The number of rotatable bonds is 4. The van der Waals surface area contributed by atoms with Crippen molar-refractivity contribution in [1.29, 1.82) is 0 Å². The van der Waals surface area contributed by atoms with E-state index in [1.165, 1.54) is 0 Å². The molecule has 0 radical (unpaired) electrons. The van der Waals surface area contributed by atoms with Crippen molar-refractivity contribution in [3.8, 4) is 0 Å². The number of amides is 1. The summed E-state index contributed by atoms with van der Waals surface area (Å²) in [6, 6.07) is 15.3. The number of nitrogens with zero attached hydrogens (tertiary/aromatic N) is 2. The van der Waals surface area contributed by atoms with E-state index in [4.69, 9.17) is 0 Å². The monoisotopic (exact) mass is 318 g/mol. The summed E-state index contributed by atoms with van der Waals surface area (Å²) < 4.78 is 0. The number of allylic oxidation sites excluding steroid dienone is 1. The van der Waals surface area contributed by atoms with E-state index >= 15 is 0 Å². The van der Waals surface area contributed by atoms with Gasteiger partial charge in [-0.15, -0.1) is 0 Å². The molecule has 0 saturated carbocycles. The molecule has 1 aromatic heterocycles. The fourth-order valence-corrected chi connectivity index (χ4v) is 2.39. The highest BCUT2D eigenvalue weighted by Crippen LogP contribution is 2.13. The minimum Gasteiger partial charge on any atom is -0.342 e. The molecular weight excluding hydrogens is 300 g/mol. The molecule has 5 nitrogen and oxygen atoms in total. The van der Waals surface area contributed by atoms with Gasteiger partial charge in [-0.2, -0.15) is 5.10 Å². The summed E-state index contributed by atoms with van der Waals surface area (Å²) in [5, 5.41) is 4.01.